The van der Waals surface area contributed by atoms with Crippen LogP contribution in [0.3, 0.4) is 0 Å². The zero-order chi connectivity index (χ0) is 23.9. The van der Waals surface area contributed by atoms with Crippen LogP contribution in [0.5, 0.6) is 0 Å². The summed E-state index contributed by atoms with van der Waals surface area (Å²) in [7, 11) is 0. The fourth-order valence-electron chi connectivity index (χ4n) is 4.17. The first-order valence-electron chi connectivity index (χ1n) is 13.9. The molecule has 0 aliphatic heterocycles. The van der Waals surface area contributed by atoms with E-state index in [9.17, 15) is 9.59 Å². The zero-order valence-electron chi connectivity index (χ0n) is 22.0. The second-order valence-corrected chi connectivity index (χ2v) is 9.36. The van der Waals surface area contributed by atoms with Crippen molar-refractivity contribution in [2.24, 2.45) is 5.41 Å². The van der Waals surface area contributed by atoms with Crippen molar-refractivity contribution in [1.82, 2.24) is 0 Å². The van der Waals surface area contributed by atoms with Crippen LogP contribution in [-0.4, -0.2) is 25.2 Å². The van der Waals surface area contributed by atoms with Gasteiger partial charge in [-0.05, 0) is 25.7 Å². The van der Waals surface area contributed by atoms with Gasteiger partial charge in [-0.25, -0.2) is 0 Å². The summed E-state index contributed by atoms with van der Waals surface area (Å²) in [5, 5.41) is 0. The van der Waals surface area contributed by atoms with Crippen molar-refractivity contribution in [2.75, 3.05) is 13.2 Å². The van der Waals surface area contributed by atoms with Crippen LogP contribution in [0.1, 0.15) is 150 Å². The monoisotopic (exact) mass is 454 g/mol. The molecule has 0 bridgehead atoms. The molecule has 0 unspecified atom stereocenters. The molecule has 0 aliphatic rings. The summed E-state index contributed by atoms with van der Waals surface area (Å²) in [5.41, 5.74) is -1.14. The Bertz CT molecular complexity index is 443. The van der Waals surface area contributed by atoms with Gasteiger partial charge in [0.05, 0.1) is 13.2 Å². The lowest BCUT2D eigenvalue weighted by molar-refractivity contribution is -0.173. The van der Waals surface area contributed by atoms with Crippen molar-refractivity contribution in [3.8, 4) is 0 Å². The van der Waals surface area contributed by atoms with E-state index in [0.29, 0.717) is 26.1 Å². The van der Waals surface area contributed by atoms with Crippen LogP contribution < -0.4 is 0 Å². The third-order valence-electron chi connectivity index (χ3n) is 6.70. The molecule has 0 saturated heterocycles. The first kappa shape index (κ1) is 30.9. The molecule has 0 rings (SSSR count). The molecule has 4 heteroatoms. The first-order chi connectivity index (χ1) is 15.6. The number of esters is 2. The van der Waals surface area contributed by atoms with Crippen molar-refractivity contribution < 1.29 is 19.1 Å². The van der Waals surface area contributed by atoms with Gasteiger partial charge in [0, 0.05) is 0 Å². The standard InChI is InChI=1S/C28H54O4/c1-5-9-11-12-13-14-15-16-17-18-19-20-21-23-25-32-27(30)28(7-3,8-4)26(29)31-24-22-10-6-2/h5-25H2,1-4H3. The number of carbonyl (C=O) groups is 2. The van der Waals surface area contributed by atoms with Gasteiger partial charge < -0.3 is 9.47 Å². The zero-order valence-corrected chi connectivity index (χ0v) is 22.0. The van der Waals surface area contributed by atoms with E-state index in [1.165, 1.54) is 77.0 Å². The van der Waals surface area contributed by atoms with E-state index in [0.717, 1.165) is 32.1 Å². The Labute approximate surface area is 199 Å². The molecule has 0 heterocycles. The molecule has 0 saturated carbocycles. The highest BCUT2D eigenvalue weighted by Gasteiger charge is 2.45. The minimum Gasteiger partial charge on any atom is -0.465 e. The highest BCUT2D eigenvalue weighted by Crippen LogP contribution is 2.30. The smallest absolute Gasteiger partial charge is 0.323 e. The molecule has 0 spiro atoms. The molecule has 0 atom stereocenters. The predicted molar refractivity (Wildman–Crippen MR) is 135 cm³/mol. The van der Waals surface area contributed by atoms with E-state index in [2.05, 4.69) is 13.8 Å². The molecular weight excluding hydrogens is 400 g/mol. The molecule has 0 amide bonds. The summed E-state index contributed by atoms with van der Waals surface area (Å²) in [6.07, 6.45) is 22.0. The van der Waals surface area contributed by atoms with E-state index in [-0.39, 0.29) is 0 Å². The van der Waals surface area contributed by atoms with Crippen LogP contribution in [0.25, 0.3) is 0 Å². The van der Waals surface area contributed by atoms with Gasteiger partial charge in [-0.15, -0.1) is 0 Å². The molecule has 0 fully saturated rings. The number of carbonyl (C=O) groups excluding carboxylic acids is 2. The Kier molecular flexibility index (Phi) is 21.0. The van der Waals surface area contributed by atoms with Gasteiger partial charge in [0.1, 0.15) is 0 Å². The van der Waals surface area contributed by atoms with Crippen LogP contribution in [0.2, 0.25) is 0 Å². The number of hydrogen-bond donors (Lipinski definition) is 0. The average molecular weight is 455 g/mol. The Hall–Kier alpha value is -1.06. The lowest BCUT2D eigenvalue weighted by atomic mass is 9.82. The SMILES string of the molecule is CCCCCCCCCCCCCCCCOC(=O)C(CC)(CC)C(=O)OCCCCC. The van der Waals surface area contributed by atoms with Gasteiger partial charge in [-0.1, -0.05) is 124 Å². The van der Waals surface area contributed by atoms with Gasteiger partial charge in [0.15, 0.2) is 5.41 Å². The predicted octanol–water partition coefficient (Wildman–Crippen LogP) is 8.55. The summed E-state index contributed by atoms with van der Waals surface area (Å²) < 4.78 is 10.9. The van der Waals surface area contributed by atoms with Crippen molar-refractivity contribution in [3.63, 3.8) is 0 Å². The molecule has 0 aromatic rings. The summed E-state index contributed by atoms with van der Waals surface area (Å²) in [5.74, 6) is -0.817. The molecule has 0 N–H and O–H groups in total. The Morgan fingerprint density at radius 1 is 0.469 bits per heavy atom. The maximum absolute atomic E-state index is 12.7. The van der Waals surface area contributed by atoms with Crippen molar-refractivity contribution >= 4 is 11.9 Å². The van der Waals surface area contributed by atoms with E-state index >= 15 is 0 Å². The number of rotatable bonds is 23. The van der Waals surface area contributed by atoms with Crippen LogP contribution in [-0.2, 0) is 19.1 Å². The minimum atomic E-state index is -1.14. The molecule has 0 aromatic carbocycles. The van der Waals surface area contributed by atoms with Crippen LogP contribution in [0.15, 0.2) is 0 Å². The Morgan fingerprint density at radius 3 is 1.09 bits per heavy atom. The summed E-state index contributed by atoms with van der Waals surface area (Å²) >= 11 is 0. The average Bonchev–Trinajstić information content (AvgIpc) is 2.80. The molecule has 190 valence electrons. The lowest BCUT2D eigenvalue weighted by Gasteiger charge is -2.27. The van der Waals surface area contributed by atoms with Gasteiger partial charge in [-0.3, -0.25) is 9.59 Å². The van der Waals surface area contributed by atoms with Crippen molar-refractivity contribution in [2.45, 2.75) is 150 Å². The summed E-state index contributed by atoms with van der Waals surface area (Å²) in [4.78, 5) is 25.2. The molecule has 4 nitrogen and oxygen atoms in total. The number of ether oxygens (including phenoxy) is 2. The third-order valence-corrected chi connectivity index (χ3v) is 6.70. The van der Waals surface area contributed by atoms with Gasteiger partial charge in [0.25, 0.3) is 0 Å². The first-order valence-corrected chi connectivity index (χ1v) is 13.9. The normalized spacial score (nSPS) is 11.5. The maximum Gasteiger partial charge on any atom is 0.323 e. The molecule has 0 radical (unpaired) electrons. The Balaban J connectivity index is 3.81. The highest BCUT2D eigenvalue weighted by molar-refractivity contribution is 5.99. The van der Waals surface area contributed by atoms with Gasteiger partial charge in [-0.2, -0.15) is 0 Å². The van der Waals surface area contributed by atoms with E-state index < -0.39 is 17.4 Å². The summed E-state index contributed by atoms with van der Waals surface area (Å²) in [6, 6.07) is 0. The highest BCUT2D eigenvalue weighted by atomic mass is 16.6. The number of unbranched alkanes of at least 4 members (excludes halogenated alkanes) is 15. The largest absolute Gasteiger partial charge is 0.465 e. The lowest BCUT2D eigenvalue weighted by Crippen LogP contribution is -2.41. The maximum atomic E-state index is 12.7. The third kappa shape index (κ3) is 14.2. The van der Waals surface area contributed by atoms with E-state index in [4.69, 9.17) is 9.47 Å². The summed E-state index contributed by atoms with van der Waals surface area (Å²) in [6.45, 7) is 8.90. The molecule has 32 heavy (non-hydrogen) atoms. The van der Waals surface area contributed by atoms with E-state index in [1.807, 2.05) is 13.8 Å². The fourth-order valence-corrected chi connectivity index (χ4v) is 4.17. The van der Waals surface area contributed by atoms with Crippen molar-refractivity contribution in [3.05, 3.63) is 0 Å². The minimum absolute atomic E-state index is 0.390. The molecule has 0 aliphatic carbocycles. The van der Waals surface area contributed by atoms with E-state index in [1.54, 1.807) is 0 Å². The topological polar surface area (TPSA) is 52.6 Å². The number of hydrogen-bond acceptors (Lipinski definition) is 4. The van der Waals surface area contributed by atoms with Crippen LogP contribution in [0.4, 0.5) is 0 Å². The Morgan fingerprint density at radius 2 is 0.750 bits per heavy atom. The molecular formula is C28H54O4. The van der Waals surface area contributed by atoms with Gasteiger partial charge in [0.2, 0.25) is 0 Å². The van der Waals surface area contributed by atoms with Crippen LogP contribution >= 0.6 is 0 Å². The second-order valence-electron chi connectivity index (χ2n) is 9.36. The molecule has 0 aromatic heterocycles. The quantitative estimate of drug-likeness (QED) is 0.0881. The second kappa shape index (κ2) is 21.8. The van der Waals surface area contributed by atoms with Crippen molar-refractivity contribution in [1.29, 1.82) is 0 Å². The van der Waals surface area contributed by atoms with Crippen LogP contribution in [0, 0.1) is 5.41 Å². The van der Waals surface area contributed by atoms with Gasteiger partial charge >= 0.3 is 11.9 Å². The fraction of sp³-hybridized carbons (Fsp3) is 0.929.